The first-order valence-electron chi connectivity index (χ1n) is 7.40. The van der Waals surface area contributed by atoms with Crippen LogP contribution in [0.25, 0.3) is 0 Å². The van der Waals surface area contributed by atoms with Crippen molar-refractivity contribution in [1.82, 2.24) is 0 Å². The molecule has 3 nitrogen and oxygen atoms in total. The molecule has 1 aromatic rings. The molecule has 0 unspecified atom stereocenters. The molecule has 1 heterocycles. The fraction of sp³-hybridized carbons (Fsp3) is 0.412. The van der Waals surface area contributed by atoms with E-state index in [0.717, 1.165) is 28.2 Å². The van der Waals surface area contributed by atoms with Crippen molar-refractivity contribution in [3.8, 4) is 0 Å². The van der Waals surface area contributed by atoms with E-state index in [1.165, 1.54) is 12.1 Å². The van der Waals surface area contributed by atoms with Gasteiger partial charge in [0.25, 0.3) is 0 Å². The largest absolute Gasteiger partial charge is 0.416 e. The van der Waals surface area contributed by atoms with Crippen molar-refractivity contribution in [1.29, 1.82) is 0 Å². The third-order valence-corrected chi connectivity index (χ3v) is 4.77. The van der Waals surface area contributed by atoms with Crippen LogP contribution in [0.15, 0.2) is 35.4 Å². The zero-order chi connectivity index (χ0) is 16.9. The molecule has 2 amide bonds. The predicted octanol–water partition coefficient (Wildman–Crippen LogP) is 3.94. The lowest BCUT2D eigenvalue weighted by atomic mass is 9.78. The van der Waals surface area contributed by atoms with Crippen LogP contribution in [-0.2, 0) is 15.8 Å². The van der Waals surface area contributed by atoms with E-state index in [1.54, 1.807) is 0 Å². The van der Waals surface area contributed by atoms with Gasteiger partial charge in [-0.1, -0.05) is 17.2 Å². The molecule has 1 aliphatic carbocycles. The van der Waals surface area contributed by atoms with Gasteiger partial charge < -0.3 is 0 Å². The zero-order valence-electron chi connectivity index (χ0n) is 12.8. The summed E-state index contributed by atoms with van der Waals surface area (Å²) in [6, 6.07) is 4.38. The van der Waals surface area contributed by atoms with Crippen molar-refractivity contribution in [2.75, 3.05) is 4.90 Å². The Morgan fingerprint density at radius 3 is 2.00 bits per heavy atom. The van der Waals surface area contributed by atoms with Gasteiger partial charge in [0, 0.05) is 0 Å². The van der Waals surface area contributed by atoms with Crippen molar-refractivity contribution in [2.45, 2.75) is 32.9 Å². The number of hydrogen-bond donors (Lipinski definition) is 0. The van der Waals surface area contributed by atoms with E-state index in [-0.39, 0.29) is 5.69 Å². The highest BCUT2D eigenvalue weighted by Crippen LogP contribution is 2.43. The quantitative estimate of drug-likeness (QED) is 0.580. The Labute approximate surface area is 131 Å². The molecule has 0 saturated carbocycles. The number of anilines is 1. The lowest BCUT2D eigenvalue weighted by molar-refractivity contribution is -0.137. The molecular weight excluding hydrogens is 307 g/mol. The second-order valence-corrected chi connectivity index (χ2v) is 6.24. The Hall–Kier alpha value is -2.11. The maximum atomic E-state index is 12.9. The second-order valence-electron chi connectivity index (χ2n) is 6.24. The zero-order valence-corrected chi connectivity index (χ0v) is 12.8. The van der Waals surface area contributed by atoms with Crippen LogP contribution in [0.3, 0.4) is 0 Å². The van der Waals surface area contributed by atoms with Gasteiger partial charge in [-0.2, -0.15) is 13.2 Å². The van der Waals surface area contributed by atoms with E-state index in [9.17, 15) is 22.8 Å². The number of rotatable bonds is 1. The molecule has 1 aromatic carbocycles. The second kappa shape index (κ2) is 5.22. The van der Waals surface area contributed by atoms with Gasteiger partial charge in [0.15, 0.2) is 0 Å². The molecule has 0 radical (unpaired) electrons. The molecule has 3 rings (SSSR count). The third-order valence-electron chi connectivity index (χ3n) is 4.77. The van der Waals surface area contributed by atoms with Crippen LogP contribution < -0.4 is 4.90 Å². The number of nitrogens with zero attached hydrogens (tertiary/aromatic N) is 1. The van der Waals surface area contributed by atoms with Crippen molar-refractivity contribution in [3.05, 3.63) is 41.0 Å². The standard InChI is InChI=1S/C17H16F3NO2/c1-9-6-13-14(7-10(9)2)16(23)21(15(13)22)12-5-3-4-11(8-12)17(18,19)20/h3-5,8,13-14H,6-7H2,1-2H3/t13-,14-/m1/s1. The molecule has 2 atom stereocenters. The topological polar surface area (TPSA) is 37.4 Å². The van der Waals surface area contributed by atoms with Crippen LogP contribution >= 0.6 is 0 Å². The summed E-state index contributed by atoms with van der Waals surface area (Å²) in [5, 5.41) is 0. The average Bonchev–Trinajstić information content (AvgIpc) is 2.71. The summed E-state index contributed by atoms with van der Waals surface area (Å²) in [7, 11) is 0. The summed E-state index contributed by atoms with van der Waals surface area (Å²) in [4.78, 5) is 26.1. The SMILES string of the molecule is CC1=C(C)C[C@H]2C(=O)N(c3cccc(C(F)(F)F)c3)C(=O)[C@@H]2C1. The van der Waals surface area contributed by atoms with Gasteiger partial charge in [-0.05, 0) is 44.9 Å². The number of carbonyl (C=O) groups excluding carboxylic acids is 2. The minimum Gasteiger partial charge on any atom is -0.274 e. The number of halogens is 3. The van der Waals surface area contributed by atoms with E-state index >= 15 is 0 Å². The number of hydrogen-bond acceptors (Lipinski definition) is 2. The molecule has 2 aliphatic rings. The monoisotopic (exact) mass is 323 g/mol. The van der Waals surface area contributed by atoms with E-state index in [2.05, 4.69) is 0 Å². The first-order chi connectivity index (χ1) is 10.7. The first-order valence-corrected chi connectivity index (χ1v) is 7.40. The van der Waals surface area contributed by atoms with Crippen molar-refractivity contribution >= 4 is 17.5 Å². The number of fused-ring (bicyclic) bond motifs is 1. The fourth-order valence-electron chi connectivity index (χ4n) is 3.33. The summed E-state index contributed by atoms with van der Waals surface area (Å²) in [6.07, 6.45) is -3.52. The Balaban J connectivity index is 1.97. The summed E-state index contributed by atoms with van der Waals surface area (Å²) in [5.74, 6) is -1.71. The lowest BCUT2D eigenvalue weighted by Gasteiger charge is -2.23. The smallest absolute Gasteiger partial charge is 0.274 e. The number of imide groups is 1. The molecule has 1 saturated heterocycles. The highest BCUT2D eigenvalue weighted by atomic mass is 19.4. The number of amides is 2. The maximum Gasteiger partial charge on any atom is 0.416 e. The van der Waals surface area contributed by atoms with E-state index in [1.807, 2.05) is 13.8 Å². The van der Waals surface area contributed by atoms with Crippen LogP contribution in [0.5, 0.6) is 0 Å². The number of allylic oxidation sites excluding steroid dienone is 2. The van der Waals surface area contributed by atoms with E-state index < -0.39 is 35.4 Å². The Bertz CT molecular complexity index is 689. The minimum atomic E-state index is -4.51. The molecule has 0 aromatic heterocycles. The summed E-state index contributed by atoms with van der Waals surface area (Å²) < 4.78 is 38.6. The van der Waals surface area contributed by atoms with Gasteiger partial charge in [0.2, 0.25) is 11.8 Å². The van der Waals surface area contributed by atoms with Crippen molar-refractivity contribution < 1.29 is 22.8 Å². The van der Waals surface area contributed by atoms with Gasteiger partial charge in [0.1, 0.15) is 0 Å². The van der Waals surface area contributed by atoms with Crippen LogP contribution in [-0.4, -0.2) is 11.8 Å². The highest BCUT2D eigenvalue weighted by molar-refractivity contribution is 6.22. The molecule has 0 bridgehead atoms. The normalized spacial score (nSPS) is 25.2. The molecule has 1 fully saturated rings. The summed E-state index contributed by atoms with van der Waals surface area (Å²) in [6.45, 7) is 3.85. The van der Waals surface area contributed by atoms with Crippen molar-refractivity contribution in [3.63, 3.8) is 0 Å². The minimum absolute atomic E-state index is 0.000434. The maximum absolute atomic E-state index is 12.9. The van der Waals surface area contributed by atoms with Crippen molar-refractivity contribution in [2.24, 2.45) is 11.8 Å². The molecule has 1 aliphatic heterocycles. The summed E-state index contributed by atoms with van der Waals surface area (Å²) >= 11 is 0. The van der Waals surface area contributed by atoms with Gasteiger partial charge in [-0.3, -0.25) is 14.5 Å². The Morgan fingerprint density at radius 2 is 1.52 bits per heavy atom. The van der Waals surface area contributed by atoms with Gasteiger partial charge in [-0.25, -0.2) is 0 Å². The molecule has 0 spiro atoms. The van der Waals surface area contributed by atoms with Gasteiger partial charge in [0.05, 0.1) is 23.1 Å². The van der Waals surface area contributed by atoms with Crippen LogP contribution in [0, 0.1) is 11.8 Å². The van der Waals surface area contributed by atoms with E-state index in [0.29, 0.717) is 12.8 Å². The van der Waals surface area contributed by atoms with Gasteiger partial charge >= 0.3 is 6.18 Å². The highest BCUT2D eigenvalue weighted by Gasteiger charge is 2.49. The van der Waals surface area contributed by atoms with E-state index in [4.69, 9.17) is 0 Å². The van der Waals surface area contributed by atoms with Crippen LogP contribution in [0.4, 0.5) is 18.9 Å². The molecular formula is C17H16F3NO2. The fourth-order valence-corrected chi connectivity index (χ4v) is 3.33. The lowest BCUT2D eigenvalue weighted by Crippen LogP contribution is -2.31. The molecule has 122 valence electrons. The Morgan fingerprint density at radius 1 is 1.00 bits per heavy atom. The molecule has 23 heavy (non-hydrogen) atoms. The summed E-state index contributed by atoms with van der Waals surface area (Å²) in [5.41, 5.74) is 1.30. The van der Waals surface area contributed by atoms with Gasteiger partial charge in [-0.15, -0.1) is 0 Å². The number of carbonyl (C=O) groups is 2. The van der Waals surface area contributed by atoms with Crippen LogP contribution in [0.1, 0.15) is 32.3 Å². The first kappa shape index (κ1) is 15.8. The predicted molar refractivity (Wildman–Crippen MR) is 78.5 cm³/mol. The number of benzene rings is 1. The Kier molecular flexibility index (Phi) is 3.58. The molecule has 6 heteroatoms. The molecule has 0 N–H and O–H groups in total. The average molecular weight is 323 g/mol. The third kappa shape index (κ3) is 2.56. The number of alkyl halides is 3. The van der Waals surface area contributed by atoms with Crippen LogP contribution in [0.2, 0.25) is 0 Å².